The minimum absolute atomic E-state index is 0.364. The van der Waals surface area contributed by atoms with Crippen LogP contribution in [0.1, 0.15) is 23.8 Å². The molecule has 2 heterocycles. The highest BCUT2D eigenvalue weighted by Gasteiger charge is 2.25. The Balaban J connectivity index is 2.02. The number of hydrogen-bond donors (Lipinski definition) is 1. The van der Waals surface area contributed by atoms with E-state index >= 15 is 0 Å². The van der Waals surface area contributed by atoms with E-state index in [1.54, 1.807) is 11.3 Å². The molecule has 0 amide bonds. The first-order valence-corrected chi connectivity index (χ1v) is 6.74. The summed E-state index contributed by atoms with van der Waals surface area (Å²) in [5.41, 5.74) is 5.91. The van der Waals surface area contributed by atoms with Crippen molar-refractivity contribution in [2.75, 3.05) is 26.8 Å². The third kappa shape index (κ3) is 2.63. The Morgan fingerprint density at radius 2 is 2.31 bits per heavy atom. The number of nitrogens with zero attached hydrogens (tertiary/aromatic N) is 1. The third-order valence-corrected chi connectivity index (χ3v) is 4.33. The van der Waals surface area contributed by atoms with Gasteiger partial charge in [-0.25, -0.2) is 0 Å². The van der Waals surface area contributed by atoms with Gasteiger partial charge in [-0.2, -0.15) is 0 Å². The lowest BCUT2D eigenvalue weighted by atomic mass is 10.0. The molecule has 1 saturated heterocycles. The van der Waals surface area contributed by atoms with Crippen molar-refractivity contribution in [1.29, 1.82) is 0 Å². The fourth-order valence-electron chi connectivity index (χ4n) is 2.31. The van der Waals surface area contributed by atoms with Crippen LogP contribution >= 0.6 is 11.3 Å². The van der Waals surface area contributed by atoms with Gasteiger partial charge in [0.1, 0.15) is 0 Å². The standard InChI is InChI=1S/C12H20N2OS/c1-14(10-4-6-15-7-5-10)11(9-13)12-3-2-8-16-12/h2-3,8,10-11H,4-7,9,13H2,1H3. The zero-order valence-electron chi connectivity index (χ0n) is 9.76. The molecule has 2 rings (SSSR count). The maximum atomic E-state index is 5.91. The predicted molar refractivity (Wildman–Crippen MR) is 67.7 cm³/mol. The largest absolute Gasteiger partial charge is 0.381 e. The lowest BCUT2D eigenvalue weighted by Gasteiger charge is -2.36. The number of nitrogens with two attached hydrogens (primary N) is 1. The Morgan fingerprint density at radius 3 is 2.88 bits per heavy atom. The first-order chi connectivity index (χ1) is 7.83. The van der Waals surface area contributed by atoms with Crippen LogP contribution in [0.2, 0.25) is 0 Å². The molecule has 2 N–H and O–H groups in total. The van der Waals surface area contributed by atoms with Crippen LogP contribution in [0.5, 0.6) is 0 Å². The molecule has 1 atom stereocenters. The minimum Gasteiger partial charge on any atom is -0.381 e. The van der Waals surface area contributed by atoms with E-state index in [4.69, 9.17) is 10.5 Å². The summed E-state index contributed by atoms with van der Waals surface area (Å²) < 4.78 is 5.40. The van der Waals surface area contributed by atoms with Crippen LogP contribution in [0.4, 0.5) is 0 Å². The summed E-state index contributed by atoms with van der Waals surface area (Å²) in [5.74, 6) is 0. The first kappa shape index (κ1) is 12.0. The van der Waals surface area contributed by atoms with Crippen molar-refractivity contribution in [3.63, 3.8) is 0 Å². The second-order valence-electron chi connectivity index (χ2n) is 4.28. The highest BCUT2D eigenvalue weighted by atomic mass is 32.1. The van der Waals surface area contributed by atoms with Crippen molar-refractivity contribution in [3.05, 3.63) is 22.4 Å². The topological polar surface area (TPSA) is 38.5 Å². The fourth-order valence-corrected chi connectivity index (χ4v) is 3.20. The zero-order chi connectivity index (χ0) is 11.4. The quantitative estimate of drug-likeness (QED) is 0.873. The van der Waals surface area contributed by atoms with E-state index in [-0.39, 0.29) is 0 Å². The Morgan fingerprint density at radius 1 is 1.56 bits per heavy atom. The number of thiophene rings is 1. The van der Waals surface area contributed by atoms with Gasteiger partial charge in [0.25, 0.3) is 0 Å². The third-order valence-electron chi connectivity index (χ3n) is 3.35. The predicted octanol–water partition coefficient (Wildman–Crippen LogP) is 1.86. The van der Waals surface area contributed by atoms with Crippen LogP contribution in [0.15, 0.2) is 17.5 Å². The lowest BCUT2D eigenvalue weighted by molar-refractivity contribution is 0.0299. The maximum absolute atomic E-state index is 5.91. The van der Waals surface area contributed by atoms with Crippen LogP contribution in [-0.4, -0.2) is 37.7 Å². The Bertz CT molecular complexity index is 296. The van der Waals surface area contributed by atoms with Crippen LogP contribution in [-0.2, 0) is 4.74 Å². The van der Waals surface area contributed by atoms with Crippen LogP contribution in [0.3, 0.4) is 0 Å². The van der Waals surface area contributed by atoms with Crippen LogP contribution < -0.4 is 5.73 Å². The highest BCUT2D eigenvalue weighted by molar-refractivity contribution is 7.10. The summed E-state index contributed by atoms with van der Waals surface area (Å²) in [4.78, 5) is 3.80. The molecule has 0 aromatic carbocycles. The van der Waals surface area contributed by atoms with Crippen molar-refractivity contribution < 1.29 is 4.74 Å². The molecule has 1 aliphatic heterocycles. The van der Waals surface area contributed by atoms with E-state index in [2.05, 4.69) is 29.5 Å². The van der Waals surface area contributed by atoms with Gasteiger partial charge in [0.2, 0.25) is 0 Å². The van der Waals surface area contributed by atoms with Gasteiger partial charge in [-0.15, -0.1) is 11.3 Å². The van der Waals surface area contributed by atoms with Gasteiger partial charge < -0.3 is 10.5 Å². The molecule has 0 radical (unpaired) electrons. The lowest BCUT2D eigenvalue weighted by Crippen LogP contribution is -2.41. The molecule has 1 aromatic rings. The van der Waals surface area contributed by atoms with E-state index in [0.717, 1.165) is 26.1 Å². The Labute approximate surface area is 101 Å². The summed E-state index contributed by atoms with van der Waals surface area (Å²) in [7, 11) is 2.19. The molecule has 1 unspecified atom stereocenters. The average molecular weight is 240 g/mol. The number of ether oxygens (including phenoxy) is 1. The number of likely N-dealkylation sites (N-methyl/N-ethyl adjacent to an activating group) is 1. The number of hydrogen-bond acceptors (Lipinski definition) is 4. The summed E-state index contributed by atoms with van der Waals surface area (Å²) >= 11 is 1.80. The number of rotatable bonds is 4. The first-order valence-electron chi connectivity index (χ1n) is 5.86. The molecular formula is C12H20N2OS. The smallest absolute Gasteiger partial charge is 0.0564 e. The Hall–Kier alpha value is -0.420. The van der Waals surface area contributed by atoms with Gasteiger partial charge in [0.15, 0.2) is 0 Å². The Kier molecular flexibility index (Phi) is 4.35. The zero-order valence-corrected chi connectivity index (χ0v) is 10.6. The molecular weight excluding hydrogens is 220 g/mol. The van der Waals surface area contributed by atoms with Crippen molar-refractivity contribution in [1.82, 2.24) is 4.90 Å². The normalized spacial score (nSPS) is 20.2. The molecule has 1 aliphatic rings. The highest BCUT2D eigenvalue weighted by Crippen LogP contribution is 2.27. The average Bonchev–Trinajstić information content (AvgIpc) is 2.85. The van der Waals surface area contributed by atoms with Gasteiger partial charge in [0, 0.05) is 30.7 Å². The molecule has 4 heteroatoms. The van der Waals surface area contributed by atoms with E-state index in [1.165, 1.54) is 4.88 Å². The van der Waals surface area contributed by atoms with Crippen LogP contribution in [0, 0.1) is 0 Å². The van der Waals surface area contributed by atoms with Crippen molar-refractivity contribution in [2.24, 2.45) is 5.73 Å². The van der Waals surface area contributed by atoms with Gasteiger partial charge >= 0.3 is 0 Å². The second-order valence-corrected chi connectivity index (χ2v) is 5.26. The molecule has 1 aromatic heterocycles. The summed E-state index contributed by atoms with van der Waals surface area (Å²) in [6.45, 7) is 2.46. The van der Waals surface area contributed by atoms with Crippen molar-refractivity contribution in [3.8, 4) is 0 Å². The summed E-state index contributed by atoms with van der Waals surface area (Å²) in [5, 5.41) is 2.12. The molecule has 16 heavy (non-hydrogen) atoms. The van der Waals surface area contributed by atoms with E-state index < -0.39 is 0 Å². The summed E-state index contributed by atoms with van der Waals surface area (Å²) in [6.07, 6.45) is 2.25. The molecule has 1 fully saturated rings. The van der Waals surface area contributed by atoms with Gasteiger partial charge in [-0.3, -0.25) is 4.90 Å². The molecule has 0 bridgehead atoms. The molecule has 90 valence electrons. The van der Waals surface area contributed by atoms with Crippen molar-refractivity contribution >= 4 is 11.3 Å². The van der Waals surface area contributed by atoms with Gasteiger partial charge in [0.05, 0.1) is 6.04 Å². The van der Waals surface area contributed by atoms with Crippen LogP contribution in [0.25, 0.3) is 0 Å². The molecule has 0 saturated carbocycles. The fraction of sp³-hybridized carbons (Fsp3) is 0.667. The summed E-state index contributed by atoms with van der Waals surface area (Å²) in [6, 6.07) is 5.26. The van der Waals surface area contributed by atoms with E-state index in [1.807, 2.05) is 0 Å². The monoisotopic (exact) mass is 240 g/mol. The minimum atomic E-state index is 0.364. The second kappa shape index (κ2) is 5.77. The maximum Gasteiger partial charge on any atom is 0.0564 e. The van der Waals surface area contributed by atoms with E-state index in [9.17, 15) is 0 Å². The molecule has 0 aliphatic carbocycles. The SMILES string of the molecule is CN(C1CCOCC1)C(CN)c1cccs1. The molecule has 0 spiro atoms. The van der Waals surface area contributed by atoms with E-state index in [0.29, 0.717) is 18.6 Å². The van der Waals surface area contributed by atoms with Gasteiger partial charge in [-0.1, -0.05) is 6.07 Å². The van der Waals surface area contributed by atoms with Gasteiger partial charge in [-0.05, 0) is 31.3 Å². The molecule has 3 nitrogen and oxygen atoms in total. The van der Waals surface area contributed by atoms with Crippen molar-refractivity contribution in [2.45, 2.75) is 24.9 Å².